The van der Waals surface area contributed by atoms with Gasteiger partial charge in [0.25, 0.3) is 0 Å². The number of hydrogen-bond donors (Lipinski definition) is 1. The first kappa shape index (κ1) is 15.8. The van der Waals surface area contributed by atoms with E-state index in [0.29, 0.717) is 0 Å². The van der Waals surface area contributed by atoms with Crippen molar-refractivity contribution >= 4 is 0 Å². The lowest BCUT2D eigenvalue weighted by Crippen LogP contribution is -2.21. The first-order valence-corrected chi connectivity index (χ1v) is 7.56. The average Bonchev–Trinajstić information content (AvgIpc) is 2.46. The van der Waals surface area contributed by atoms with E-state index < -0.39 is 0 Å². The minimum atomic E-state index is -0.0769. The third kappa shape index (κ3) is 3.36. The van der Waals surface area contributed by atoms with E-state index in [1.54, 1.807) is 0 Å². The Morgan fingerprint density at radius 2 is 1.33 bits per heavy atom. The van der Waals surface area contributed by atoms with Gasteiger partial charge in [-0.3, -0.25) is 0 Å². The summed E-state index contributed by atoms with van der Waals surface area (Å²) in [5.41, 5.74) is 4.80. The standard InChI is InChI=1S/C20H26O/c1-19(2,3)17-11-15(14-21)12-18(13-17)20(4,5)16-9-7-6-8-10-16/h6-13,21H,14H2,1-5H3. The minimum Gasteiger partial charge on any atom is -0.392 e. The summed E-state index contributed by atoms with van der Waals surface area (Å²) < 4.78 is 0. The molecule has 0 aromatic heterocycles. The van der Waals surface area contributed by atoms with Gasteiger partial charge in [0.05, 0.1) is 6.61 Å². The van der Waals surface area contributed by atoms with E-state index in [2.05, 4.69) is 77.1 Å². The Labute approximate surface area is 128 Å². The van der Waals surface area contributed by atoms with Crippen molar-refractivity contribution < 1.29 is 5.11 Å². The summed E-state index contributed by atoms with van der Waals surface area (Å²) >= 11 is 0. The molecule has 0 bridgehead atoms. The molecule has 2 aromatic carbocycles. The first-order chi connectivity index (χ1) is 9.75. The van der Waals surface area contributed by atoms with E-state index in [4.69, 9.17) is 0 Å². The minimum absolute atomic E-state index is 0.0761. The molecular formula is C20H26O. The van der Waals surface area contributed by atoms with E-state index in [1.807, 2.05) is 6.07 Å². The fourth-order valence-corrected chi connectivity index (χ4v) is 2.60. The smallest absolute Gasteiger partial charge is 0.0682 e. The van der Waals surface area contributed by atoms with E-state index >= 15 is 0 Å². The number of aliphatic hydroxyl groups excluding tert-OH is 1. The van der Waals surface area contributed by atoms with Gasteiger partial charge in [0.15, 0.2) is 0 Å². The summed E-state index contributed by atoms with van der Waals surface area (Å²) in [6.45, 7) is 11.2. The summed E-state index contributed by atoms with van der Waals surface area (Å²) in [5.74, 6) is 0. The van der Waals surface area contributed by atoms with E-state index in [0.717, 1.165) is 5.56 Å². The van der Waals surface area contributed by atoms with Gasteiger partial charge in [0.1, 0.15) is 0 Å². The van der Waals surface area contributed by atoms with Crippen molar-refractivity contribution in [2.75, 3.05) is 0 Å². The van der Waals surface area contributed by atoms with Gasteiger partial charge >= 0.3 is 0 Å². The molecule has 0 aliphatic heterocycles. The molecule has 0 amide bonds. The molecule has 0 saturated carbocycles. The molecule has 0 spiro atoms. The molecular weight excluding hydrogens is 256 g/mol. The Kier molecular flexibility index (Phi) is 4.25. The van der Waals surface area contributed by atoms with Crippen LogP contribution in [0.4, 0.5) is 0 Å². The second-order valence-electron chi connectivity index (χ2n) is 7.32. The zero-order chi connectivity index (χ0) is 15.7. The molecule has 0 unspecified atom stereocenters. The maximum Gasteiger partial charge on any atom is 0.0682 e. The van der Waals surface area contributed by atoms with Crippen LogP contribution in [0.15, 0.2) is 48.5 Å². The normalized spacial score (nSPS) is 12.5. The van der Waals surface area contributed by atoms with Gasteiger partial charge in [-0.05, 0) is 27.7 Å². The van der Waals surface area contributed by atoms with Gasteiger partial charge in [0.2, 0.25) is 0 Å². The topological polar surface area (TPSA) is 20.2 Å². The van der Waals surface area contributed by atoms with Crippen LogP contribution < -0.4 is 0 Å². The van der Waals surface area contributed by atoms with Crippen LogP contribution in [0, 0.1) is 0 Å². The third-order valence-corrected chi connectivity index (χ3v) is 4.26. The number of hydrogen-bond acceptors (Lipinski definition) is 1. The van der Waals surface area contributed by atoms with Gasteiger partial charge in [-0.1, -0.05) is 83.1 Å². The fourth-order valence-electron chi connectivity index (χ4n) is 2.60. The highest BCUT2D eigenvalue weighted by molar-refractivity contribution is 5.43. The predicted molar refractivity (Wildman–Crippen MR) is 89.6 cm³/mol. The second kappa shape index (κ2) is 5.65. The molecule has 0 atom stereocenters. The highest BCUT2D eigenvalue weighted by Crippen LogP contribution is 2.35. The van der Waals surface area contributed by atoms with Crippen LogP contribution in [0.1, 0.15) is 56.9 Å². The van der Waals surface area contributed by atoms with Gasteiger partial charge in [-0.25, -0.2) is 0 Å². The van der Waals surface area contributed by atoms with Gasteiger partial charge < -0.3 is 5.11 Å². The Bertz CT molecular complexity index is 603. The Balaban J connectivity index is 2.58. The van der Waals surface area contributed by atoms with E-state index in [-0.39, 0.29) is 17.4 Å². The lowest BCUT2D eigenvalue weighted by Gasteiger charge is -2.29. The van der Waals surface area contributed by atoms with Crippen LogP contribution in [-0.2, 0) is 17.4 Å². The van der Waals surface area contributed by atoms with Crippen molar-refractivity contribution in [3.63, 3.8) is 0 Å². The fraction of sp³-hybridized carbons (Fsp3) is 0.400. The van der Waals surface area contributed by atoms with Crippen molar-refractivity contribution in [3.05, 3.63) is 70.8 Å². The molecule has 2 rings (SSSR count). The Morgan fingerprint density at radius 3 is 1.86 bits per heavy atom. The molecule has 0 radical (unpaired) electrons. The highest BCUT2D eigenvalue weighted by atomic mass is 16.3. The third-order valence-electron chi connectivity index (χ3n) is 4.26. The van der Waals surface area contributed by atoms with Crippen molar-refractivity contribution in [1.29, 1.82) is 0 Å². The molecule has 1 N–H and O–H groups in total. The molecule has 0 fully saturated rings. The van der Waals surface area contributed by atoms with Crippen molar-refractivity contribution in [1.82, 2.24) is 0 Å². The number of benzene rings is 2. The van der Waals surface area contributed by atoms with E-state index in [9.17, 15) is 5.11 Å². The summed E-state index contributed by atoms with van der Waals surface area (Å²) in [6, 6.07) is 17.1. The average molecular weight is 282 g/mol. The number of rotatable bonds is 3. The van der Waals surface area contributed by atoms with Gasteiger partial charge in [-0.15, -0.1) is 0 Å². The molecule has 1 nitrogen and oxygen atoms in total. The molecule has 2 aromatic rings. The molecule has 1 heteroatoms. The largest absolute Gasteiger partial charge is 0.392 e. The van der Waals surface area contributed by atoms with Crippen LogP contribution in [-0.4, -0.2) is 5.11 Å². The van der Waals surface area contributed by atoms with Crippen LogP contribution >= 0.6 is 0 Å². The summed E-state index contributed by atoms with van der Waals surface area (Å²) in [4.78, 5) is 0. The Hall–Kier alpha value is -1.60. The van der Waals surface area contributed by atoms with Crippen LogP contribution in [0.25, 0.3) is 0 Å². The Morgan fingerprint density at radius 1 is 0.762 bits per heavy atom. The summed E-state index contributed by atoms with van der Waals surface area (Å²) in [5, 5.41) is 9.59. The lowest BCUT2D eigenvalue weighted by molar-refractivity contribution is 0.281. The van der Waals surface area contributed by atoms with Crippen LogP contribution in [0.3, 0.4) is 0 Å². The zero-order valence-electron chi connectivity index (χ0n) is 13.8. The van der Waals surface area contributed by atoms with Crippen LogP contribution in [0.2, 0.25) is 0 Å². The maximum absolute atomic E-state index is 9.59. The quantitative estimate of drug-likeness (QED) is 0.857. The predicted octanol–water partition coefficient (Wildman–Crippen LogP) is 4.80. The first-order valence-electron chi connectivity index (χ1n) is 7.56. The van der Waals surface area contributed by atoms with Gasteiger partial charge in [0, 0.05) is 5.41 Å². The van der Waals surface area contributed by atoms with Crippen molar-refractivity contribution in [2.24, 2.45) is 0 Å². The summed E-state index contributed by atoms with van der Waals surface area (Å²) in [6.07, 6.45) is 0. The molecule has 0 heterocycles. The van der Waals surface area contributed by atoms with E-state index in [1.165, 1.54) is 16.7 Å². The van der Waals surface area contributed by atoms with Crippen molar-refractivity contribution in [2.45, 2.75) is 52.1 Å². The lowest BCUT2D eigenvalue weighted by atomic mass is 9.75. The molecule has 0 aliphatic carbocycles. The molecule has 21 heavy (non-hydrogen) atoms. The van der Waals surface area contributed by atoms with Gasteiger partial charge in [-0.2, -0.15) is 0 Å². The summed E-state index contributed by atoms with van der Waals surface area (Å²) in [7, 11) is 0. The molecule has 0 saturated heterocycles. The monoisotopic (exact) mass is 282 g/mol. The zero-order valence-corrected chi connectivity index (χ0v) is 13.8. The van der Waals surface area contributed by atoms with Crippen molar-refractivity contribution in [3.8, 4) is 0 Å². The number of aliphatic hydroxyl groups is 1. The van der Waals surface area contributed by atoms with Crippen LogP contribution in [0.5, 0.6) is 0 Å². The molecule has 0 aliphatic rings. The second-order valence-corrected chi connectivity index (χ2v) is 7.32. The molecule has 112 valence electrons. The highest BCUT2D eigenvalue weighted by Gasteiger charge is 2.25. The SMILES string of the molecule is CC(C)(C)c1cc(CO)cc(C(C)(C)c2ccccc2)c1. The maximum atomic E-state index is 9.59.